The maximum Gasteiger partial charge on any atom is 0.330 e. The van der Waals surface area contributed by atoms with E-state index in [0.717, 1.165) is 13.1 Å². The maximum absolute atomic E-state index is 13.2. The molecule has 9 heteroatoms. The van der Waals surface area contributed by atoms with Gasteiger partial charge in [0.2, 0.25) is 0 Å². The van der Waals surface area contributed by atoms with Crippen LogP contribution in [0.2, 0.25) is 0 Å². The van der Waals surface area contributed by atoms with E-state index >= 15 is 0 Å². The Hall–Kier alpha value is -2.52. The lowest BCUT2D eigenvalue weighted by molar-refractivity contribution is 0.0204. The molecule has 1 saturated heterocycles. The molecular formula is C22H33N5O4. The Morgan fingerprint density at radius 2 is 1.87 bits per heavy atom. The summed E-state index contributed by atoms with van der Waals surface area (Å²) in [6.07, 6.45) is 0. The molecule has 170 valence electrons. The van der Waals surface area contributed by atoms with Gasteiger partial charge in [0.1, 0.15) is 0 Å². The van der Waals surface area contributed by atoms with Crippen LogP contribution in [0.4, 0.5) is 0 Å². The third kappa shape index (κ3) is 5.22. The highest BCUT2D eigenvalue weighted by atomic mass is 16.5. The van der Waals surface area contributed by atoms with Gasteiger partial charge in [0, 0.05) is 37.9 Å². The van der Waals surface area contributed by atoms with Gasteiger partial charge >= 0.3 is 5.69 Å². The van der Waals surface area contributed by atoms with Crippen LogP contribution in [0, 0.1) is 5.92 Å². The highest BCUT2D eigenvalue weighted by molar-refractivity contribution is 6.05. The van der Waals surface area contributed by atoms with Gasteiger partial charge in [-0.1, -0.05) is 27.7 Å². The van der Waals surface area contributed by atoms with Crippen LogP contribution in [0.25, 0.3) is 11.0 Å². The Morgan fingerprint density at radius 3 is 2.48 bits per heavy atom. The number of ether oxygens (including phenoxy) is 1. The molecular weight excluding hydrogens is 398 g/mol. The molecule has 9 nitrogen and oxygen atoms in total. The van der Waals surface area contributed by atoms with Crippen LogP contribution in [-0.2, 0) is 11.3 Å². The molecule has 1 aliphatic rings. The Bertz CT molecular complexity index is 1050. The largest absolute Gasteiger partial charge is 0.379 e. The summed E-state index contributed by atoms with van der Waals surface area (Å²) in [4.78, 5) is 47.6. The van der Waals surface area contributed by atoms with Gasteiger partial charge in [-0.15, -0.1) is 0 Å². The summed E-state index contributed by atoms with van der Waals surface area (Å²) in [6, 6.07) is 1.81. The smallest absolute Gasteiger partial charge is 0.330 e. The summed E-state index contributed by atoms with van der Waals surface area (Å²) < 4.78 is 6.85. The minimum absolute atomic E-state index is 0.0325. The fourth-order valence-electron chi connectivity index (χ4n) is 3.79. The second-order valence-corrected chi connectivity index (χ2v) is 8.92. The molecule has 1 aliphatic heterocycles. The van der Waals surface area contributed by atoms with E-state index in [4.69, 9.17) is 4.74 Å². The van der Waals surface area contributed by atoms with Crippen molar-refractivity contribution < 1.29 is 9.53 Å². The van der Waals surface area contributed by atoms with Crippen molar-refractivity contribution in [1.29, 1.82) is 0 Å². The molecule has 2 aromatic heterocycles. The Balaban J connectivity index is 2.00. The molecule has 1 amide bonds. The Morgan fingerprint density at radius 1 is 1.19 bits per heavy atom. The molecule has 0 bridgehead atoms. The highest BCUT2D eigenvalue weighted by Crippen LogP contribution is 2.20. The topological polar surface area (TPSA) is 109 Å². The van der Waals surface area contributed by atoms with E-state index in [1.807, 2.05) is 27.7 Å². The van der Waals surface area contributed by atoms with Crippen molar-refractivity contribution in [2.24, 2.45) is 5.92 Å². The van der Waals surface area contributed by atoms with E-state index in [-0.39, 0.29) is 40.4 Å². The van der Waals surface area contributed by atoms with Crippen LogP contribution in [-0.4, -0.2) is 64.2 Å². The third-order valence-electron chi connectivity index (χ3n) is 5.58. The summed E-state index contributed by atoms with van der Waals surface area (Å²) in [5.74, 6) is -0.136. The van der Waals surface area contributed by atoms with Crippen LogP contribution in [0.5, 0.6) is 0 Å². The SMILES string of the molecule is CC(C)Cn1c(=O)[nH]c(=O)c2c(C(=O)NCC(C)N3CCOCC3)cc(C(C)C)nc21. The number of nitrogens with zero attached hydrogens (tertiary/aromatic N) is 3. The van der Waals surface area contributed by atoms with Crippen LogP contribution in [0.3, 0.4) is 0 Å². The molecule has 0 spiro atoms. The summed E-state index contributed by atoms with van der Waals surface area (Å²) in [7, 11) is 0. The molecule has 2 aromatic rings. The van der Waals surface area contributed by atoms with Crippen LogP contribution < -0.4 is 16.6 Å². The number of carbonyl (C=O) groups excluding carboxylic acids is 1. The van der Waals surface area contributed by atoms with Gasteiger partial charge in [-0.3, -0.25) is 24.0 Å². The molecule has 0 saturated carbocycles. The first-order valence-electron chi connectivity index (χ1n) is 11.0. The number of amides is 1. The monoisotopic (exact) mass is 431 g/mol. The van der Waals surface area contributed by atoms with Crippen LogP contribution >= 0.6 is 0 Å². The van der Waals surface area contributed by atoms with Crippen molar-refractivity contribution in [2.45, 2.75) is 53.1 Å². The highest BCUT2D eigenvalue weighted by Gasteiger charge is 2.22. The number of rotatable bonds is 7. The number of fused-ring (bicyclic) bond motifs is 1. The summed E-state index contributed by atoms with van der Waals surface area (Å²) in [5.41, 5.74) is 0.0872. The number of nitrogens with one attached hydrogen (secondary N) is 2. The van der Waals surface area contributed by atoms with Crippen molar-refractivity contribution in [1.82, 2.24) is 24.8 Å². The summed E-state index contributed by atoms with van der Waals surface area (Å²) in [5, 5.41) is 3.12. The van der Waals surface area contributed by atoms with Gasteiger partial charge in [0.15, 0.2) is 5.65 Å². The normalized spacial score (nSPS) is 16.2. The molecule has 0 radical (unpaired) electrons. The fraction of sp³-hybridized carbons (Fsp3) is 0.636. The predicted octanol–water partition coefficient (Wildman–Crippen LogP) is 1.31. The molecule has 31 heavy (non-hydrogen) atoms. The Kier molecular flexibility index (Phi) is 7.27. The number of morpholine rings is 1. The summed E-state index contributed by atoms with van der Waals surface area (Å²) >= 11 is 0. The number of carbonyl (C=O) groups is 1. The van der Waals surface area contributed by atoms with Gasteiger partial charge in [-0.25, -0.2) is 9.78 Å². The lowest BCUT2D eigenvalue weighted by Crippen LogP contribution is -2.47. The van der Waals surface area contributed by atoms with E-state index in [9.17, 15) is 14.4 Å². The number of aromatic amines is 1. The van der Waals surface area contributed by atoms with Crippen molar-refractivity contribution in [2.75, 3.05) is 32.8 Å². The van der Waals surface area contributed by atoms with E-state index in [1.165, 1.54) is 4.57 Å². The average Bonchev–Trinajstić information content (AvgIpc) is 2.74. The zero-order valence-electron chi connectivity index (χ0n) is 19.0. The molecule has 0 aliphatic carbocycles. The lowest BCUT2D eigenvalue weighted by Gasteiger charge is -2.32. The molecule has 1 fully saturated rings. The third-order valence-corrected chi connectivity index (χ3v) is 5.58. The first-order chi connectivity index (χ1) is 14.7. The van der Waals surface area contributed by atoms with Crippen molar-refractivity contribution in [3.05, 3.63) is 38.2 Å². The lowest BCUT2D eigenvalue weighted by atomic mass is 10.0. The van der Waals surface area contributed by atoms with Crippen molar-refractivity contribution in [3.8, 4) is 0 Å². The zero-order valence-corrected chi connectivity index (χ0v) is 19.0. The van der Waals surface area contributed by atoms with Gasteiger partial charge < -0.3 is 10.1 Å². The fourth-order valence-corrected chi connectivity index (χ4v) is 3.79. The number of hydrogen-bond acceptors (Lipinski definition) is 6. The number of H-pyrrole nitrogens is 1. The molecule has 0 aromatic carbocycles. The Labute approximate surface area is 181 Å². The van der Waals surface area contributed by atoms with Gasteiger partial charge in [0.25, 0.3) is 11.5 Å². The van der Waals surface area contributed by atoms with Gasteiger partial charge in [-0.2, -0.15) is 0 Å². The molecule has 1 unspecified atom stereocenters. The van der Waals surface area contributed by atoms with Crippen LogP contribution in [0.1, 0.15) is 56.6 Å². The maximum atomic E-state index is 13.2. The van der Waals surface area contributed by atoms with Gasteiger partial charge in [-0.05, 0) is 24.8 Å². The quantitative estimate of drug-likeness (QED) is 0.684. The molecule has 3 rings (SSSR count). The molecule has 2 N–H and O–H groups in total. The second-order valence-electron chi connectivity index (χ2n) is 8.92. The minimum Gasteiger partial charge on any atom is -0.379 e. The first-order valence-corrected chi connectivity index (χ1v) is 11.0. The zero-order chi connectivity index (χ0) is 22.7. The molecule has 3 heterocycles. The number of hydrogen-bond donors (Lipinski definition) is 2. The standard InChI is InChI=1S/C22H33N5O4/c1-13(2)12-27-19-18(21(29)25-22(27)30)16(10-17(24-19)14(3)4)20(28)23-11-15(5)26-6-8-31-9-7-26/h10,13-15H,6-9,11-12H2,1-5H3,(H,23,28)(H,25,29,30). The minimum atomic E-state index is -0.589. The molecule has 1 atom stereocenters. The van der Waals surface area contributed by atoms with Crippen LogP contribution in [0.15, 0.2) is 15.7 Å². The van der Waals surface area contributed by atoms with Crippen molar-refractivity contribution >= 4 is 16.9 Å². The summed E-state index contributed by atoms with van der Waals surface area (Å²) in [6.45, 7) is 13.8. The predicted molar refractivity (Wildman–Crippen MR) is 120 cm³/mol. The van der Waals surface area contributed by atoms with Crippen molar-refractivity contribution in [3.63, 3.8) is 0 Å². The van der Waals surface area contributed by atoms with Gasteiger partial charge in [0.05, 0.1) is 24.2 Å². The average molecular weight is 432 g/mol. The first kappa shape index (κ1) is 23.1. The second kappa shape index (κ2) is 9.74. The number of aromatic nitrogens is 3. The van der Waals surface area contributed by atoms with E-state index in [0.29, 0.717) is 32.0 Å². The number of pyridine rings is 1. The van der Waals surface area contributed by atoms with E-state index in [2.05, 4.69) is 27.1 Å². The van der Waals surface area contributed by atoms with E-state index in [1.54, 1.807) is 6.07 Å². The van der Waals surface area contributed by atoms with E-state index < -0.39 is 11.2 Å².